The van der Waals surface area contributed by atoms with E-state index in [2.05, 4.69) is 11.9 Å². The SMILES string of the molecule is C=CCNC(C(=O)O)c1ccc(N(C)C)cc1. The third kappa shape index (κ3) is 3.60. The van der Waals surface area contributed by atoms with Gasteiger partial charge in [0.05, 0.1) is 0 Å². The van der Waals surface area contributed by atoms with E-state index in [1.165, 1.54) is 0 Å². The van der Waals surface area contributed by atoms with Gasteiger partial charge in [-0.1, -0.05) is 18.2 Å². The van der Waals surface area contributed by atoms with Crippen LogP contribution in [-0.2, 0) is 4.79 Å². The summed E-state index contributed by atoms with van der Waals surface area (Å²) in [6, 6.07) is 6.76. The van der Waals surface area contributed by atoms with E-state index >= 15 is 0 Å². The zero-order valence-electron chi connectivity index (χ0n) is 10.2. The monoisotopic (exact) mass is 234 g/mol. The van der Waals surface area contributed by atoms with E-state index in [4.69, 9.17) is 5.11 Å². The van der Waals surface area contributed by atoms with Crippen LogP contribution in [0.1, 0.15) is 11.6 Å². The molecule has 2 N–H and O–H groups in total. The number of hydrogen-bond donors (Lipinski definition) is 2. The second kappa shape index (κ2) is 6.06. The van der Waals surface area contributed by atoms with Crippen LogP contribution < -0.4 is 10.2 Å². The molecule has 0 aromatic heterocycles. The van der Waals surface area contributed by atoms with Gasteiger partial charge in [-0.2, -0.15) is 0 Å². The first-order chi connectivity index (χ1) is 8.06. The van der Waals surface area contributed by atoms with Crippen molar-refractivity contribution in [2.45, 2.75) is 6.04 Å². The second-order valence-corrected chi connectivity index (χ2v) is 3.95. The molecule has 0 saturated heterocycles. The lowest BCUT2D eigenvalue weighted by molar-refractivity contribution is -0.139. The first-order valence-corrected chi connectivity index (χ1v) is 5.40. The predicted octanol–water partition coefficient (Wildman–Crippen LogP) is 1.65. The van der Waals surface area contributed by atoms with Crippen molar-refractivity contribution in [3.05, 3.63) is 42.5 Å². The highest BCUT2D eigenvalue weighted by Crippen LogP contribution is 2.18. The number of carboxylic acid groups (broad SMARTS) is 1. The molecule has 17 heavy (non-hydrogen) atoms. The van der Waals surface area contributed by atoms with E-state index in [0.717, 1.165) is 11.3 Å². The summed E-state index contributed by atoms with van der Waals surface area (Å²) in [7, 11) is 3.89. The van der Waals surface area contributed by atoms with Crippen molar-refractivity contribution >= 4 is 11.7 Å². The smallest absolute Gasteiger partial charge is 0.325 e. The molecule has 92 valence electrons. The van der Waals surface area contributed by atoms with E-state index in [1.54, 1.807) is 6.08 Å². The average molecular weight is 234 g/mol. The van der Waals surface area contributed by atoms with Gasteiger partial charge in [0.25, 0.3) is 0 Å². The number of rotatable bonds is 6. The van der Waals surface area contributed by atoms with Gasteiger partial charge < -0.3 is 10.0 Å². The summed E-state index contributed by atoms with van der Waals surface area (Å²) in [5.41, 5.74) is 1.78. The molecule has 1 rings (SSSR count). The van der Waals surface area contributed by atoms with Gasteiger partial charge >= 0.3 is 5.97 Å². The predicted molar refractivity (Wildman–Crippen MR) is 69.3 cm³/mol. The standard InChI is InChI=1S/C13H18N2O2/c1-4-9-14-12(13(16)17)10-5-7-11(8-6-10)15(2)3/h4-8,12,14H,1,9H2,2-3H3,(H,16,17). The number of nitrogens with zero attached hydrogens (tertiary/aromatic N) is 1. The van der Waals surface area contributed by atoms with Crippen LogP contribution in [0.25, 0.3) is 0 Å². The molecule has 4 heteroatoms. The lowest BCUT2D eigenvalue weighted by Gasteiger charge is -2.16. The van der Waals surface area contributed by atoms with Crippen LogP contribution in [0, 0.1) is 0 Å². The zero-order valence-corrected chi connectivity index (χ0v) is 10.2. The van der Waals surface area contributed by atoms with Crippen molar-refractivity contribution in [2.24, 2.45) is 0 Å². The molecule has 1 aromatic carbocycles. The van der Waals surface area contributed by atoms with Gasteiger partial charge in [-0.05, 0) is 17.7 Å². The molecule has 0 radical (unpaired) electrons. The third-order valence-corrected chi connectivity index (χ3v) is 2.46. The van der Waals surface area contributed by atoms with E-state index in [-0.39, 0.29) is 0 Å². The maximum atomic E-state index is 11.1. The van der Waals surface area contributed by atoms with Gasteiger partial charge in [0.2, 0.25) is 0 Å². The molecule has 0 aliphatic heterocycles. The fraction of sp³-hybridized carbons (Fsp3) is 0.308. The lowest BCUT2D eigenvalue weighted by atomic mass is 10.1. The quantitative estimate of drug-likeness (QED) is 0.735. The van der Waals surface area contributed by atoms with E-state index in [9.17, 15) is 4.79 Å². The first-order valence-electron chi connectivity index (χ1n) is 5.40. The van der Waals surface area contributed by atoms with Gasteiger partial charge in [0, 0.05) is 26.3 Å². The van der Waals surface area contributed by atoms with Gasteiger partial charge in [-0.25, -0.2) is 0 Å². The molecule has 0 fully saturated rings. The number of nitrogens with one attached hydrogen (secondary N) is 1. The van der Waals surface area contributed by atoms with Crippen LogP contribution in [0.2, 0.25) is 0 Å². The second-order valence-electron chi connectivity index (χ2n) is 3.95. The summed E-state index contributed by atoms with van der Waals surface area (Å²) in [5, 5.41) is 12.0. The molecule has 1 aromatic rings. The van der Waals surface area contributed by atoms with Crippen LogP contribution in [0.15, 0.2) is 36.9 Å². The highest BCUT2D eigenvalue weighted by Gasteiger charge is 2.18. The molecule has 0 aliphatic rings. The largest absolute Gasteiger partial charge is 0.480 e. The minimum Gasteiger partial charge on any atom is -0.480 e. The number of carboxylic acids is 1. The lowest BCUT2D eigenvalue weighted by Crippen LogP contribution is -2.28. The molecule has 1 unspecified atom stereocenters. The zero-order chi connectivity index (χ0) is 12.8. The summed E-state index contributed by atoms with van der Waals surface area (Å²) in [4.78, 5) is 13.1. The number of carbonyl (C=O) groups is 1. The normalized spacial score (nSPS) is 11.9. The van der Waals surface area contributed by atoms with Crippen molar-refractivity contribution in [2.75, 3.05) is 25.5 Å². The molecule has 1 atom stereocenters. The Morgan fingerprint density at radius 1 is 1.47 bits per heavy atom. The molecule has 0 bridgehead atoms. The van der Waals surface area contributed by atoms with Crippen molar-refractivity contribution in [3.8, 4) is 0 Å². The van der Waals surface area contributed by atoms with Crippen LogP contribution in [0.5, 0.6) is 0 Å². The van der Waals surface area contributed by atoms with Gasteiger partial charge in [0.1, 0.15) is 6.04 Å². The molecule has 0 amide bonds. The van der Waals surface area contributed by atoms with Crippen LogP contribution in [-0.4, -0.2) is 31.7 Å². The van der Waals surface area contributed by atoms with Gasteiger partial charge in [-0.15, -0.1) is 6.58 Å². The van der Waals surface area contributed by atoms with Crippen LogP contribution >= 0.6 is 0 Å². The highest BCUT2D eigenvalue weighted by atomic mass is 16.4. The molecular formula is C13H18N2O2. The van der Waals surface area contributed by atoms with Crippen molar-refractivity contribution in [1.82, 2.24) is 5.32 Å². The van der Waals surface area contributed by atoms with E-state index in [0.29, 0.717) is 6.54 Å². The molecule has 0 spiro atoms. The minimum absolute atomic E-state index is 0.465. The fourth-order valence-electron chi connectivity index (χ4n) is 1.51. The Bertz CT molecular complexity index is 385. The number of aliphatic carboxylic acids is 1. The van der Waals surface area contributed by atoms with Crippen LogP contribution in [0.4, 0.5) is 5.69 Å². The summed E-state index contributed by atoms with van der Waals surface area (Å²) in [5.74, 6) is -0.885. The Labute approximate surface area is 102 Å². The van der Waals surface area contributed by atoms with Gasteiger partial charge in [-0.3, -0.25) is 10.1 Å². The van der Waals surface area contributed by atoms with E-state index in [1.807, 2.05) is 43.3 Å². The van der Waals surface area contributed by atoms with E-state index < -0.39 is 12.0 Å². The Balaban J connectivity index is 2.87. The Hall–Kier alpha value is -1.81. The summed E-state index contributed by atoms with van der Waals surface area (Å²) in [6.07, 6.45) is 1.64. The molecule has 0 aliphatic carbocycles. The molecule has 0 saturated carbocycles. The molecule has 0 heterocycles. The molecule has 4 nitrogen and oxygen atoms in total. The Kier molecular flexibility index (Phi) is 4.72. The number of hydrogen-bond acceptors (Lipinski definition) is 3. The van der Waals surface area contributed by atoms with Crippen molar-refractivity contribution < 1.29 is 9.90 Å². The number of benzene rings is 1. The minimum atomic E-state index is -0.885. The average Bonchev–Trinajstić information content (AvgIpc) is 2.29. The van der Waals surface area contributed by atoms with Crippen molar-refractivity contribution in [3.63, 3.8) is 0 Å². The maximum absolute atomic E-state index is 11.1. The summed E-state index contributed by atoms with van der Waals surface area (Å²) >= 11 is 0. The third-order valence-electron chi connectivity index (χ3n) is 2.46. The Morgan fingerprint density at radius 2 is 2.06 bits per heavy atom. The van der Waals surface area contributed by atoms with Crippen molar-refractivity contribution in [1.29, 1.82) is 0 Å². The van der Waals surface area contributed by atoms with Gasteiger partial charge in [0.15, 0.2) is 0 Å². The topological polar surface area (TPSA) is 52.6 Å². The Morgan fingerprint density at radius 3 is 2.47 bits per heavy atom. The first kappa shape index (κ1) is 13.3. The fourth-order valence-corrected chi connectivity index (χ4v) is 1.51. The summed E-state index contributed by atoms with van der Waals surface area (Å²) in [6.45, 7) is 4.03. The molecular weight excluding hydrogens is 216 g/mol. The maximum Gasteiger partial charge on any atom is 0.325 e. The highest BCUT2D eigenvalue weighted by molar-refractivity contribution is 5.75. The van der Waals surface area contributed by atoms with Crippen LogP contribution in [0.3, 0.4) is 0 Å². The number of anilines is 1. The summed E-state index contributed by atoms with van der Waals surface area (Å²) < 4.78 is 0.